The maximum Gasteiger partial charge on any atom is 0.337 e. The fourth-order valence-corrected chi connectivity index (χ4v) is 1.72. The maximum absolute atomic E-state index is 10.9. The molecule has 0 fully saturated rings. The van der Waals surface area contributed by atoms with Crippen LogP contribution in [-0.4, -0.2) is 16.1 Å². The fraction of sp³-hybridized carbons (Fsp3) is 0.0909. The van der Waals surface area contributed by atoms with E-state index in [2.05, 4.69) is 4.98 Å². The summed E-state index contributed by atoms with van der Waals surface area (Å²) in [6.45, 7) is 1.82. The van der Waals surface area contributed by atoms with E-state index < -0.39 is 5.97 Å². The molecular weight excluding hydrogens is 228 g/mol. The van der Waals surface area contributed by atoms with Gasteiger partial charge in [0.05, 0.1) is 16.1 Å². The molecule has 0 aliphatic rings. The van der Waals surface area contributed by atoms with Gasteiger partial charge < -0.3 is 10.8 Å². The van der Waals surface area contributed by atoms with Crippen molar-refractivity contribution in [3.63, 3.8) is 0 Å². The van der Waals surface area contributed by atoms with Gasteiger partial charge in [-0.05, 0) is 30.7 Å². The van der Waals surface area contributed by atoms with Gasteiger partial charge >= 0.3 is 5.97 Å². The van der Waals surface area contributed by atoms with Crippen molar-refractivity contribution in [2.45, 2.75) is 6.92 Å². The fourth-order valence-electron chi connectivity index (χ4n) is 1.48. The zero-order valence-corrected chi connectivity index (χ0v) is 9.25. The van der Waals surface area contributed by atoms with Crippen LogP contribution in [0.3, 0.4) is 0 Å². The van der Waals surface area contributed by atoms with Crippen LogP contribution in [0.4, 0.5) is 5.82 Å². The molecule has 0 aliphatic heterocycles. The van der Waals surface area contributed by atoms with Crippen molar-refractivity contribution < 1.29 is 9.90 Å². The summed E-state index contributed by atoms with van der Waals surface area (Å²) >= 11 is 5.83. The summed E-state index contributed by atoms with van der Waals surface area (Å²) in [5.74, 6) is -0.631. The van der Waals surface area contributed by atoms with Gasteiger partial charge in [-0.1, -0.05) is 11.6 Å². The highest BCUT2D eigenvalue weighted by molar-refractivity contribution is 6.34. The van der Waals surface area contributed by atoms with E-state index in [1.807, 2.05) is 6.92 Å². The lowest BCUT2D eigenvalue weighted by molar-refractivity contribution is 0.0697. The number of aromatic carboxylic acids is 1. The lowest BCUT2D eigenvalue weighted by atomic mass is 10.1. The summed E-state index contributed by atoms with van der Waals surface area (Å²) in [6, 6.07) is 4.80. The van der Waals surface area contributed by atoms with E-state index in [9.17, 15) is 4.79 Å². The number of halogens is 1. The van der Waals surface area contributed by atoms with Gasteiger partial charge in [-0.25, -0.2) is 9.78 Å². The molecule has 5 heteroatoms. The molecule has 16 heavy (non-hydrogen) atoms. The number of carboxylic acid groups (broad SMARTS) is 1. The number of pyridine rings is 1. The van der Waals surface area contributed by atoms with E-state index in [0.29, 0.717) is 16.7 Å². The Hall–Kier alpha value is -1.81. The minimum Gasteiger partial charge on any atom is -0.478 e. The van der Waals surface area contributed by atoms with E-state index in [1.165, 1.54) is 12.1 Å². The number of carbonyl (C=O) groups is 1. The molecule has 0 unspecified atom stereocenters. The van der Waals surface area contributed by atoms with Crippen LogP contribution >= 0.6 is 11.6 Å². The first kappa shape index (κ1) is 10.7. The third-order valence-corrected chi connectivity index (χ3v) is 2.68. The molecule has 0 aliphatic carbocycles. The molecule has 0 atom stereocenters. The Bertz CT molecular complexity index is 596. The molecule has 1 aromatic heterocycles. The average Bonchev–Trinajstić information content (AvgIpc) is 2.19. The van der Waals surface area contributed by atoms with Crippen LogP contribution in [-0.2, 0) is 0 Å². The second-order valence-electron chi connectivity index (χ2n) is 3.52. The highest BCUT2D eigenvalue weighted by atomic mass is 35.5. The minimum atomic E-state index is -1.05. The number of nitrogens with two attached hydrogens (primary N) is 1. The van der Waals surface area contributed by atoms with Crippen molar-refractivity contribution in [2.24, 2.45) is 0 Å². The van der Waals surface area contributed by atoms with Crippen LogP contribution in [0.5, 0.6) is 0 Å². The molecule has 0 spiro atoms. The molecule has 0 bridgehead atoms. The molecule has 0 saturated heterocycles. The summed E-state index contributed by atoms with van der Waals surface area (Å²) in [7, 11) is 0. The van der Waals surface area contributed by atoms with E-state index in [1.54, 1.807) is 6.07 Å². The van der Waals surface area contributed by atoms with Gasteiger partial charge in [-0.15, -0.1) is 0 Å². The highest BCUT2D eigenvalue weighted by Gasteiger charge is 2.11. The summed E-state index contributed by atoms with van der Waals surface area (Å²) in [5, 5.41) is 9.80. The van der Waals surface area contributed by atoms with E-state index in [4.69, 9.17) is 22.4 Å². The first-order chi connectivity index (χ1) is 7.49. The number of hydrogen-bond donors (Lipinski definition) is 2. The lowest BCUT2D eigenvalue weighted by Gasteiger charge is -2.05. The molecular formula is C11H9ClN2O2. The van der Waals surface area contributed by atoms with Crippen LogP contribution in [0.25, 0.3) is 10.9 Å². The standard InChI is InChI=1S/C11H9ClN2O2/c1-5-2-6-3-7(11(15)16)8(12)4-9(6)14-10(5)13/h2-4H,1H3,(H2,13,14)(H,15,16). The first-order valence-corrected chi connectivity index (χ1v) is 4.96. The largest absolute Gasteiger partial charge is 0.478 e. The predicted molar refractivity (Wildman–Crippen MR) is 62.9 cm³/mol. The molecule has 1 heterocycles. The van der Waals surface area contributed by atoms with Crippen LogP contribution in [0.15, 0.2) is 18.2 Å². The number of aromatic nitrogens is 1. The third-order valence-electron chi connectivity index (χ3n) is 2.36. The Kier molecular flexibility index (Phi) is 2.44. The third kappa shape index (κ3) is 1.67. The SMILES string of the molecule is Cc1cc2cc(C(=O)O)c(Cl)cc2nc1N. The van der Waals surface area contributed by atoms with Crippen LogP contribution < -0.4 is 5.73 Å². The van der Waals surface area contributed by atoms with Crippen LogP contribution in [0, 0.1) is 6.92 Å². The van der Waals surface area contributed by atoms with E-state index in [0.717, 1.165) is 5.56 Å². The van der Waals surface area contributed by atoms with Crippen molar-refractivity contribution >= 4 is 34.3 Å². The predicted octanol–water partition coefficient (Wildman–Crippen LogP) is 2.48. The van der Waals surface area contributed by atoms with Crippen LogP contribution in [0.1, 0.15) is 15.9 Å². The molecule has 0 saturated carbocycles. The molecule has 2 rings (SSSR count). The highest BCUT2D eigenvalue weighted by Crippen LogP contribution is 2.25. The van der Waals surface area contributed by atoms with Gasteiger partial charge in [-0.3, -0.25) is 0 Å². The number of anilines is 1. The van der Waals surface area contributed by atoms with E-state index >= 15 is 0 Å². The molecule has 1 aromatic carbocycles. The van der Waals surface area contributed by atoms with Crippen molar-refractivity contribution in [2.75, 3.05) is 5.73 Å². The minimum absolute atomic E-state index is 0.0696. The Balaban J connectivity index is 2.79. The number of aryl methyl sites for hydroxylation is 1. The topological polar surface area (TPSA) is 76.2 Å². The van der Waals surface area contributed by atoms with Crippen molar-refractivity contribution in [1.29, 1.82) is 0 Å². The zero-order chi connectivity index (χ0) is 11.9. The Morgan fingerprint density at radius 1 is 1.44 bits per heavy atom. The second-order valence-corrected chi connectivity index (χ2v) is 3.93. The number of rotatable bonds is 1. The Morgan fingerprint density at radius 2 is 2.12 bits per heavy atom. The van der Waals surface area contributed by atoms with E-state index in [-0.39, 0.29) is 10.6 Å². The van der Waals surface area contributed by atoms with Gasteiger partial charge in [-0.2, -0.15) is 0 Å². The van der Waals surface area contributed by atoms with Gasteiger partial charge in [0.2, 0.25) is 0 Å². The first-order valence-electron chi connectivity index (χ1n) is 4.58. The molecule has 0 amide bonds. The van der Waals surface area contributed by atoms with Gasteiger partial charge in [0.15, 0.2) is 0 Å². The number of fused-ring (bicyclic) bond motifs is 1. The lowest BCUT2D eigenvalue weighted by Crippen LogP contribution is -1.99. The average molecular weight is 237 g/mol. The number of nitrogen functional groups attached to an aromatic ring is 1. The normalized spacial score (nSPS) is 10.6. The summed E-state index contributed by atoms with van der Waals surface area (Å²) in [6.07, 6.45) is 0. The summed E-state index contributed by atoms with van der Waals surface area (Å²) in [4.78, 5) is 15.0. The molecule has 82 valence electrons. The van der Waals surface area contributed by atoms with Crippen molar-refractivity contribution in [3.05, 3.63) is 34.3 Å². The number of nitrogens with zero attached hydrogens (tertiary/aromatic N) is 1. The smallest absolute Gasteiger partial charge is 0.337 e. The van der Waals surface area contributed by atoms with Gasteiger partial charge in [0.25, 0.3) is 0 Å². The quantitative estimate of drug-likeness (QED) is 0.798. The summed E-state index contributed by atoms with van der Waals surface area (Å²) in [5.41, 5.74) is 7.14. The van der Waals surface area contributed by atoms with Crippen molar-refractivity contribution in [3.8, 4) is 0 Å². The van der Waals surface area contributed by atoms with Crippen molar-refractivity contribution in [1.82, 2.24) is 4.98 Å². The Labute approximate surface area is 96.7 Å². The monoisotopic (exact) mass is 236 g/mol. The number of benzene rings is 1. The summed E-state index contributed by atoms with van der Waals surface area (Å²) < 4.78 is 0. The number of carboxylic acids is 1. The maximum atomic E-state index is 10.9. The van der Waals surface area contributed by atoms with Gasteiger partial charge in [0.1, 0.15) is 5.82 Å². The molecule has 4 nitrogen and oxygen atoms in total. The zero-order valence-electron chi connectivity index (χ0n) is 8.49. The van der Waals surface area contributed by atoms with Gasteiger partial charge in [0, 0.05) is 5.39 Å². The number of hydrogen-bond acceptors (Lipinski definition) is 3. The molecule has 0 radical (unpaired) electrons. The Morgan fingerprint density at radius 3 is 2.75 bits per heavy atom. The molecule has 2 aromatic rings. The van der Waals surface area contributed by atoms with Crippen LogP contribution in [0.2, 0.25) is 5.02 Å². The molecule has 3 N–H and O–H groups in total. The second kappa shape index (κ2) is 3.64.